The largest absolute Gasteiger partial charge is 0.302 e. The van der Waals surface area contributed by atoms with E-state index in [1.807, 2.05) is 0 Å². The van der Waals surface area contributed by atoms with Gasteiger partial charge in [-0.25, -0.2) is 0 Å². The lowest BCUT2D eigenvalue weighted by Gasteiger charge is -2.27. The third-order valence-corrected chi connectivity index (χ3v) is 4.36. The summed E-state index contributed by atoms with van der Waals surface area (Å²) in [6.45, 7) is 5.52. The number of thiol groups is 1. The maximum Gasteiger partial charge on any atom is 0.0363 e. The average molecular weight is 235 g/mol. The Labute approximate surface area is 95.3 Å². The molecule has 1 atom stereocenters. The zero-order chi connectivity index (χ0) is 10.4. The Hall–Kier alpha value is 0.460. The monoisotopic (exact) mass is 235 g/mol. The Kier molecular flexibility index (Phi) is 6.13. The lowest BCUT2D eigenvalue weighted by molar-refractivity contribution is 0.275. The maximum absolute atomic E-state index is 11.1. The minimum absolute atomic E-state index is 0.532. The molecule has 0 radical (unpaired) electrons. The van der Waals surface area contributed by atoms with Crippen LogP contribution < -0.4 is 0 Å². The summed E-state index contributed by atoms with van der Waals surface area (Å²) in [5, 5.41) is 0. The lowest BCUT2D eigenvalue weighted by atomic mass is 10.1. The van der Waals surface area contributed by atoms with Crippen LogP contribution in [0, 0.1) is 5.92 Å². The molecule has 1 saturated heterocycles. The predicted octanol–water partition coefficient (Wildman–Crippen LogP) is 1.40. The van der Waals surface area contributed by atoms with Crippen LogP contribution in [0.4, 0.5) is 0 Å². The summed E-state index contributed by atoms with van der Waals surface area (Å²) in [6, 6.07) is 0. The molecule has 2 nitrogen and oxygen atoms in total. The maximum atomic E-state index is 11.1. The fourth-order valence-electron chi connectivity index (χ4n) is 1.67. The zero-order valence-corrected chi connectivity index (χ0v) is 10.7. The summed E-state index contributed by atoms with van der Waals surface area (Å²) >= 11 is 4.24. The van der Waals surface area contributed by atoms with E-state index in [2.05, 4.69) is 24.5 Å². The van der Waals surface area contributed by atoms with Gasteiger partial charge >= 0.3 is 0 Å². The van der Waals surface area contributed by atoms with E-state index >= 15 is 0 Å². The van der Waals surface area contributed by atoms with Crippen molar-refractivity contribution in [1.82, 2.24) is 4.90 Å². The molecule has 14 heavy (non-hydrogen) atoms. The van der Waals surface area contributed by atoms with Gasteiger partial charge < -0.3 is 4.90 Å². The first-order valence-corrected chi connectivity index (χ1v) is 7.52. The van der Waals surface area contributed by atoms with Gasteiger partial charge in [-0.3, -0.25) is 4.21 Å². The van der Waals surface area contributed by atoms with Crippen LogP contribution in [0.15, 0.2) is 0 Å². The van der Waals surface area contributed by atoms with Gasteiger partial charge in [-0.1, -0.05) is 6.92 Å². The highest BCUT2D eigenvalue weighted by Crippen LogP contribution is 2.10. The minimum Gasteiger partial charge on any atom is -0.302 e. The Morgan fingerprint density at radius 1 is 1.36 bits per heavy atom. The normalized spacial score (nSPS) is 22.4. The molecular formula is C10H21NOS2. The molecule has 0 amide bonds. The molecule has 1 fully saturated rings. The van der Waals surface area contributed by atoms with Gasteiger partial charge in [0.25, 0.3) is 0 Å². The first kappa shape index (κ1) is 12.5. The highest BCUT2D eigenvalue weighted by Gasteiger charge is 2.15. The molecule has 4 heteroatoms. The summed E-state index contributed by atoms with van der Waals surface area (Å²) in [5.74, 6) is 3.52. The van der Waals surface area contributed by atoms with Crippen molar-refractivity contribution in [2.75, 3.05) is 36.9 Å². The summed E-state index contributed by atoms with van der Waals surface area (Å²) in [7, 11) is -0.532. The molecule has 84 valence electrons. The van der Waals surface area contributed by atoms with Crippen LogP contribution in [0.2, 0.25) is 0 Å². The summed E-state index contributed by atoms with van der Waals surface area (Å²) < 4.78 is 11.1. The second kappa shape index (κ2) is 6.85. The molecular weight excluding hydrogens is 214 g/mol. The Morgan fingerprint density at radius 2 is 2.00 bits per heavy atom. The molecule has 0 N–H and O–H groups in total. The molecule has 0 aromatic carbocycles. The van der Waals surface area contributed by atoms with Crippen molar-refractivity contribution in [3.05, 3.63) is 0 Å². The summed E-state index contributed by atoms with van der Waals surface area (Å²) in [4.78, 5) is 2.44. The van der Waals surface area contributed by atoms with Gasteiger partial charge in [0.2, 0.25) is 0 Å². The molecule has 1 aliphatic heterocycles. The average Bonchev–Trinajstić information content (AvgIpc) is 2.17. The van der Waals surface area contributed by atoms with Gasteiger partial charge in [-0.05, 0) is 31.1 Å². The van der Waals surface area contributed by atoms with Crippen LogP contribution in [0.25, 0.3) is 0 Å². The Morgan fingerprint density at radius 3 is 2.57 bits per heavy atom. The highest BCUT2D eigenvalue weighted by molar-refractivity contribution is 7.85. The van der Waals surface area contributed by atoms with Crippen molar-refractivity contribution >= 4 is 23.4 Å². The first-order chi connectivity index (χ1) is 6.72. The Bertz CT molecular complexity index is 177. The number of hydrogen-bond donors (Lipinski definition) is 1. The number of hydrogen-bond acceptors (Lipinski definition) is 3. The molecule has 1 unspecified atom stereocenters. The van der Waals surface area contributed by atoms with E-state index in [-0.39, 0.29) is 0 Å². The standard InChI is InChI=1S/C10H21NOS2/c1-10(3-7-13)2-4-11-5-8-14(12)9-6-11/h10,13H,2-9H2,1H3. The second-order valence-corrected chi connectivity index (χ2v) is 6.24. The van der Waals surface area contributed by atoms with Crippen LogP contribution in [0.5, 0.6) is 0 Å². The molecule has 1 heterocycles. The number of rotatable bonds is 5. The van der Waals surface area contributed by atoms with Crippen LogP contribution in [0.3, 0.4) is 0 Å². The van der Waals surface area contributed by atoms with Crippen molar-refractivity contribution in [3.8, 4) is 0 Å². The van der Waals surface area contributed by atoms with E-state index in [4.69, 9.17) is 0 Å². The van der Waals surface area contributed by atoms with Crippen LogP contribution in [-0.2, 0) is 10.8 Å². The summed E-state index contributed by atoms with van der Waals surface area (Å²) in [6.07, 6.45) is 2.47. The molecule has 0 spiro atoms. The minimum atomic E-state index is -0.532. The zero-order valence-electron chi connectivity index (χ0n) is 8.95. The molecule has 0 aliphatic carbocycles. The first-order valence-electron chi connectivity index (χ1n) is 5.40. The number of nitrogens with zero attached hydrogens (tertiary/aromatic N) is 1. The molecule has 0 aromatic rings. The van der Waals surface area contributed by atoms with Crippen LogP contribution >= 0.6 is 12.6 Å². The smallest absolute Gasteiger partial charge is 0.0363 e. The lowest BCUT2D eigenvalue weighted by Crippen LogP contribution is -2.38. The fourth-order valence-corrected chi connectivity index (χ4v) is 3.24. The van der Waals surface area contributed by atoms with Crippen molar-refractivity contribution in [1.29, 1.82) is 0 Å². The quantitative estimate of drug-likeness (QED) is 0.727. The molecule has 0 aromatic heterocycles. The second-order valence-electron chi connectivity index (χ2n) is 4.10. The Balaban J connectivity index is 2.09. The van der Waals surface area contributed by atoms with Crippen molar-refractivity contribution in [3.63, 3.8) is 0 Å². The van der Waals surface area contributed by atoms with E-state index in [1.54, 1.807) is 0 Å². The third-order valence-electron chi connectivity index (χ3n) is 2.83. The SMILES string of the molecule is CC(CCS)CCN1CCS(=O)CC1. The predicted molar refractivity (Wildman–Crippen MR) is 66.6 cm³/mol. The molecule has 0 bridgehead atoms. The van der Waals surface area contributed by atoms with Gasteiger partial charge in [-0.2, -0.15) is 12.6 Å². The van der Waals surface area contributed by atoms with Crippen LogP contribution in [-0.4, -0.2) is 46.0 Å². The summed E-state index contributed by atoms with van der Waals surface area (Å²) in [5.41, 5.74) is 0. The van der Waals surface area contributed by atoms with E-state index < -0.39 is 10.8 Å². The van der Waals surface area contributed by atoms with Crippen molar-refractivity contribution < 1.29 is 4.21 Å². The third kappa shape index (κ3) is 4.80. The van der Waals surface area contributed by atoms with E-state index in [1.165, 1.54) is 19.4 Å². The van der Waals surface area contributed by atoms with Crippen molar-refractivity contribution in [2.45, 2.75) is 19.8 Å². The van der Waals surface area contributed by atoms with E-state index in [9.17, 15) is 4.21 Å². The molecule has 1 rings (SSSR count). The van der Waals surface area contributed by atoms with E-state index in [0.29, 0.717) is 0 Å². The molecule has 0 saturated carbocycles. The van der Waals surface area contributed by atoms with Gasteiger partial charge in [0.05, 0.1) is 0 Å². The topological polar surface area (TPSA) is 20.3 Å². The van der Waals surface area contributed by atoms with Gasteiger partial charge in [0.1, 0.15) is 0 Å². The molecule has 1 aliphatic rings. The van der Waals surface area contributed by atoms with E-state index in [0.717, 1.165) is 36.3 Å². The fraction of sp³-hybridized carbons (Fsp3) is 1.00. The van der Waals surface area contributed by atoms with Gasteiger partial charge in [0.15, 0.2) is 0 Å². The van der Waals surface area contributed by atoms with Crippen LogP contribution in [0.1, 0.15) is 19.8 Å². The van der Waals surface area contributed by atoms with Gasteiger partial charge in [0, 0.05) is 35.4 Å². The van der Waals surface area contributed by atoms with Gasteiger partial charge in [-0.15, -0.1) is 0 Å². The highest BCUT2D eigenvalue weighted by atomic mass is 32.2. The van der Waals surface area contributed by atoms with Crippen molar-refractivity contribution in [2.24, 2.45) is 5.92 Å².